The van der Waals surface area contributed by atoms with E-state index >= 15 is 0 Å². The third-order valence-corrected chi connectivity index (χ3v) is 2.46. The van der Waals surface area contributed by atoms with Crippen LogP contribution < -0.4 is 10.5 Å². The first kappa shape index (κ1) is 11.2. The fourth-order valence-corrected chi connectivity index (χ4v) is 1.68. The molecule has 0 saturated heterocycles. The topological polar surface area (TPSA) is 66.0 Å². The van der Waals surface area contributed by atoms with Crippen molar-refractivity contribution in [1.82, 2.24) is 15.0 Å². The van der Waals surface area contributed by atoms with Crippen molar-refractivity contribution in [2.24, 2.45) is 7.05 Å². The number of methoxy groups -OCH3 is 1. The highest BCUT2D eigenvalue weighted by Crippen LogP contribution is 2.35. The molecule has 2 rings (SSSR count). The molecule has 1 aromatic heterocycles. The van der Waals surface area contributed by atoms with E-state index in [1.165, 1.54) is 4.80 Å². The molecule has 1 heterocycles. The molecule has 5 nitrogen and oxygen atoms in total. The highest BCUT2D eigenvalue weighted by molar-refractivity contribution is 5.78. The van der Waals surface area contributed by atoms with Crippen molar-refractivity contribution in [3.63, 3.8) is 0 Å². The molecule has 0 fully saturated rings. The minimum absolute atomic E-state index is 0.561. The molecule has 0 saturated carbocycles. The highest BCUT2D eigenvalue weighted by Gasteiger charge is 2.13. The number of nitrogens with zero attached hydrogens (tertiary/aromatic N) is 3. The fourth-order valence-electron chi connectivity index (χ4n) is 1.68. The number of hydrogen-bond acceptors (Lipinski definition) is 4. The summed E-state index contributed by atoms with van der Waals surface area (Å²) >= 11 is 0. The van der Waals surface area contributed by atoms with Gasteiger partial charge in [-0.05, 0) is 17.7 Å². The van der Waals surface area contributed by atoms with Crippen LogP contribution in [0.5, 0.6) is 5.75 Å². The molecule has 0 bridgehead atoms. The molecule has 0 aliphatic carbocycles. The first-order valence-corrected chi connectivity index (χ1v) is 5.12. The molecule has 1 aromatic carbocycles. The van der Waals surface area contributed by atoms with Gasteiger partial charge in [0.15, 0.2) is 5.75 Å². The summed E-state index contributed by atoms with van der Waals surface area (Å²) in [4.78, 5) is 1.49. The van der Waals surface area contributed by atoms with Gasteiger partial charge in [0.2, 0.25) is 0 Å². The lowest BCUT2D eigenvalue weighted by Gasteiger charge is -2.10. The number of benzene rings is 1. The van der Waals surface area contributed by atoms with Gasteiger partial charge in [0.1, 0.15) is 5.69 Å². The standard InChI is InChI=1S/C12H14N4O/c1-4-8-5-9(11-7-14-16(2)15-11)12(17-3)10(13)6-8/h4-7H,1,13H2,2-3H3. The zero-order valence-electron chi connectivity index (χ0n) is 9.84. The number of anilines is 1. The van der Waals surface area contributed by atoms with Gasteiger partial charge < -0.3 is 10.5 Å². The maximum Gasteiger partial charge on any atom is 0.151 e. The lowest BCUT2D eigenvalue weighted by Crippen LogP contribution is -1.97. The van der Waals surface area contributed by atoms with Crippen LogP contribution in [0.3, 0.4) is 0 Å². The second kappa shape index (κ2) is 4.29. The molecule has 0 radical (unpaired) electrons. The Kier molecular flexibility index (Phi) is 2.82. The molecule has 0 spiro atoms. The van der Waals surface area contributed by atoms with Gasteiger partial charge in [-0.15, -0.1) is 0 Å². The van der Waals surface area contributed by atoms with Crippen LogP contribution in [0.15, 0.2) is 24.9 Å². The zero-order chi connectivity index (χ0) is 12.4. The number of ether oxygens (including phenoxy) is 1. The van der Waals surface area contributed by atoms with Crippen molar-refractivity contribution < 1.29 is 4.74 Å². The summed E-state index contributed by atoms with van der Waals surface area (Å²) in [6.07, 6.45) is 3.40. The second-order valence-corrected chi connectivity index (χ2v) is 3.61. The fraction of sp³-hybridized carbons (Fsp3) is 0.167. The van der Waals surface area contributed by atoms with Crippen molar-refractivity contribution in [3.8, 4) is 17.0 Å². The number of nitrogen functional groups attached to an aromatic ring is 1. The van der Waals surface area contributed by atoms with Crippen molar-refractivity contribution in [1.29, 1.82) is 0 Å². The smallest absolute Gasteiger partial charge is 0.151 e. The summed E-state index contributed by atoms with van der Waals surface area (Å²) in [5, 5.41) is 8.28. The van der Waals surface area contributed by atoms with Crippen molar-refractivity contribution >= 4 is 11.8 Å². The van der Waals surface area contributed by atoms with E-state index in [1.807, 2.05) is 12.1 Å². The number of aryl methyl sites for hydroxylation is 1. The number of rotatable bonds is 3. The van der Waals surface area contributed by atoms with Crippen molar-refractivity contribution in [2.75, 3.05) is 12.8 Å². The summed E-state index contributed by atoms with van der Waals surface area (Å²) in [6, 6.07) is 3.73. The zero-order valence-corrected chi connectivity index (χ0v) is 9.84. The maximum atomic E-state index is 5.92. The normalized spacial score (nSPS) is 10.2. The van der Waals surface area contributed by atoms with Crippen LogP contribution in [0.25, 0.3) is 17.3 Å². The van der Waals surface area contributed by atoms with Gasteiger partial charge in [-0.1, -0.05) is 12.7 Å². The predicted octanol–water partition coefficient (Wildman–Crippen LogP) is 1.72. The van der Waals surface area contributed by atoms with Crippen molar-refractivity contribution in [2.45, 2.75) is 0 Å². The summed E-state index contributed by atoms with van der Waals surface area (Å²) in [5.41, 5.74) is 8.94. The Morgan fingerprint density at radius 2 is 2.24 bits per heavy atom. The average molecular weight is 230 g/mol. The summed E-state index contributed by atoms with van der Waals surface area (Å²) in [7, 11) is 3.34. The van der Waals surface area contributed by atoms with Crippen LogP contribution in [0.2, 0.25) is 0 Å². The molecule has 0 aliphatic rings. The largest absolute Gasteiger partial charge is 0.494 e. The summed E-state index contributed by atoms with van der Waals surface area (Å²) < 4.78 is 5.30. The Hall–Kier alpha value is -2.30. The van der Waals surface area contributed by atoms with Gasteiger partial charge in [-0.3, -0.25) is 0 Å². The van der Waals surface area contributed by atoms with Crippen LogP contribution in [-0.4, -0.2) is 22.1 Å². The van der Waals surface area contributed by atoms with E-state index in [1.54, 1.807) is 26.4 Å². The van der Waals surface area contributed by atoms with Gasteiger partial charge in [0.05, 0.1) is 19.0 Å². The van der Waals surface area contributed by atoms with Crippen LogP contribution in [0.1, 0.15) is 5.56 Å². The molecule has 0 amide bonds. The van der Waals surface area contributed by atoms with Gasteiger partial charge in [-0.25, -0.2) is 0 Å². The maximum absolute atomic E-state index is 5.92. The quantitative estimate of drug-likeness (QED) is 0.815. The van der Waals surface area contributed by atoms with Gasteiger partial charge in [-0.2, -0.15) is 15.0 Å². The van der Waals surface area contributed by atoms with Crippen LogP contribution in [0, 0.1) is 0 Å². The van der Waals surface area contributed by atoms with E-state index in [0.717, 1.165) is 16.8 Å². The molecule has 0 unspecified atom stereocenters. The minimum Gasteiger partial charge on any atom is -0.494 e. The first-order chi connectivity index (χ1) is 8.15. The predicted molar refractivity (Wildman–Crippen MR) is 67.5 cm³/mol. The summed E-state index contributed by atoms with van der Waals surface area (Å²) in [6.45, 7) is 3.73. The third kappa shape index (κ3) is 1.99. The van der Waals surface area contributed by atoms with Gasteiger partial charge >= 0.3 is 0 Å². The molecular formula is C12H14N4O. The molecule has 0 aliphatic heterocycles. The Balaban J connectivity index is 2.65. The second-order valence-electron chi connectivity index (χ2n) is 3.61. The SMILES string of the molecule is C=Cc1cc(N)c(OC)c(-c2cnn(C)n2)c1. The number of hydrogen-bond donors (Lipinski definition) is 1. The monoisotopic (exact) mass is 230 g/mol. The van der Waals surface area contributed by atoms with E-state index in [9.17, 15) is 0 Å². The lowest BCUT2D eigenvalue weighted by molar-refractivity contribution is 0.418. The highest BCUT2D eigenvalue weighted by atomic mass is 16.5. The molecule has 2 N–H and O–H groups in total. The molecule has 2 aromatic rings. The van der Waals surface area contributed by atoms with Crippen molar-refractivity contribution in [3.05, 3.63) is 30.5 Å². The Morgan fingerprint density at radius 3 is 2.76 bits per heavy atom. The van der Waals surface area contributed by atoms with Crippen LogP contribution in [0.4, 0.5) is 5.69 Å². The van der Waals surface area contributed by atoms with E-state index in [0.29, 0.717) is 11.4 Å². The molecule has 5 heteroatoms. The lowest BCUT2D eigenvalue weighted by atomic mass is 10.1. The Bertz CT molecular complexity index is 560. The van der Waals surface area contributed by atoms with Crippen LogP contribution >= 0.6 is 0 Å². The number of aromatic nitrogens is 3. The first-order valence-electron chi connectivity index (χ1n) is 5.12. The van der Waals surface area contributed by atoms with Crippen LogP contribution in [-0.2, 0) is 7.05 Å². The van der Waals surface area contributed by atoms with Gasteiger partial charge in [0.25, 0.3) is 0 Å². The van der Waals surface area contributed by atoms with E-state index in [2.05, 4.69) is 16.8 Å². The van der Waals surface area contributed by atoms with E-state index in [4.69, 9.17) is 10.5 Å². The molecule has 88 valence electrons. The van der Waals surface area contributed by atoms with Gasteiger partial charge in [0, 0.05) is 12.6 Å². The minimum atomic E-state index is 0.561. The molecule has 0 atom stereocenters. The molecular weight excluding hydrogens is 216 g/mol. The Morgan fingerprint density at radius 1 is 1.47 bits per heavy atom. The Labute approximate surface area is 99.5 Å². The molecule has 17 heavy (non-hydrogen) atoms. The number of nitrogens with two attached hydrogens (primary N) is 1. The van der Waals surface area contributed by atoms with E-state index < -0.39 is 0 Å². The average Bonchev–Trinajstić information content (AvgIpc) is 2.74. The van der Waals surface area contributed by atoms with E-state index in [-0.39, 0.29) is 0 Å². The third-order valence-electron chi connectivity index (χ3n) is 2.46. The summed E-state index contributed by atoms with van der Waals surface area (Å²) in [5.74, 6) is 0.608.